The molecule has 0 spiro atoms. The van der Waals surface area contributed by atoms with Crippen LogP contribution in [0.4, 0.5) is 0 Å². The van der Waals surface area contributed by atoms with Crippen LogP contribution in [-0.4, -0.2) is 14.2 Å². The van der Waals surface area contributed by atoms with Crippen LogP contribution in [0.25, 0.3) is 11.1 Å². The van der Waals surface area contributed by atoms with Gasteiger partial charge in [-0.05, 0) is 101 Å². The van der Waals surface area contributed by atoms with Crippen molar-refractivity contribution < 1.29 is 9.47 Å². The first-order chi connectivity index (χ1) is 18.1. The quantitative estimate of drug-likeness (QED) is 0.227. The highest BCUT2D eigenvalue weighted by molar-refractivity contribution is 5.81. The number of hydrogen-bond donors (Lipinski definition) is 0. The molecular formula is C35H32O2. The maximum absolute atomic E-state index is 5.56. The van der Waals surface area contributed by atoms with E-state index in [1.807, 2.05) is 0 Å². The summed E-state index contributed by atoms with van der Waals surface area (Å²) in [5.74, 6) is 1.73. The maximum atomic E-state index is 5.56. The van der Waals surface area contributed by atoms with Gasteiger partial charge in [-0.3, -0.25) is 0 Å². The van der Waals surface area contributed by atoms with E-state index >= 15 is 0 Å². The molecule has 37 heavy (non-hydrogen) atoms. The van der Waals surface area contributed by atoms with Gasteiger partial charge in [0.25, 0.3) is 0 Å². The van der Waals surface area contributed by atoms with E-state index in [0.717, 1.165) is 24.3 Å². The Labute approximate surface area is 219 Å². The van der Waals surface area contributed by atoms with Gasteiger partial charge in [0.2, 0.25) is 0 Å². The van der Waals surface area contributed by atoms with E-state index in [-0.39, 0.29) is 0 Å². The van der Waals surface area contributed by atoms with Crippen molar-refractivity contribution >= 4 is 0 Å². The van der Waals surface area contributed by atoms with Crippen LogP contribution in [0, 0.1) is 13.8 Å². The first-order valence-electron chi connectivity index (χ1n) is 12.9. The molecule has 0 saturated heterocycles. The Kier molecular flexibility index (Phi) is 5.76. The molecule has 0 aliphatic heterocycles. The van der Waals surface area contributed by atoms with E-state index < -0.39 is 5.41 Å². The number of benzene rings is 4. The third-order valence-corrected chi connectivity index (χ3v) is 8.11. The van der Waals surface area contributed by atoms with Crippen molar-refractivity contribution in [2.45, 2.75) is 32.1 Å². The Hall–Kier alpha value is -4.04. The van der Waals surface area contributed by atoms with Crippen molar-refractivity contribution in [3.05, 3.63) is 142 Å². The smallest absolute Gasteiger partial charge is 0.118 e. The number of allylic oxidation sites excluding steroid dienone is 4. The zero-order valence-corrected chi connectivity index (χ0v) is 22.0. The molecule has 0 amide bonds. The molecule has 4 aromatic carbocycles. The SMILES string of the molecule is COc1ccc(C(C2=CC=CC2)(c2ccc(OC)cc2)c2c(C)ccc3c2Cc2cc(C)ccc2-3)cc1. The minimum atomic E-state index is -0.450. The number of ether oxygens (including phenoxy) is 2. The van der Waals surface area contributed by atoms with E-state index in [0.29, 0.717) is 0 Å². The first-order valence-corrected chi connectivity index (χ1v) is 12.9. The first kappa shape index (κ1) is 23.4. The summed E-state index contributed by atoms with van der Waals surface area (Å²) in [5, 5.41) is 0. The molecule has 0 atom stereocenters. The molecule has 0 aromatic heterocycles. The second-order valence-corrected chi connectivity index (χ2v) is 10.2. The molecule has 6 rings (SSSR count). The summed E-state index contributed by atoms with van der Waals surface area (Å²) in [6.45, 7) is 4.46. The van der Waals surface area contributed by atoms with Gasteiger partial charge in [0.05, 0.1) is 19.6 Å². The summed E-state index contributed by atoms with van der Waals surface area (Å²) in [6.07, 6.45) is 8.65. The van der Waals surface area contributed by atoms with Crippen molar-refractivity contribution in [1.82, 2.24) is 0 Å². The summed E-state index contributed by atoms with van der Waals surface area (Å²) in [5.41, 5.74) is 13.0. The Morgan fingerprint density at radius 1 is 0.703 bits per heavy atom. The number of rotatable bonds is 6. The van der Waals surface area contributed by atoms with E-state index in [1.54, 1.807) is 14.2 Å². The molecule has 184 valence electrons. The Morgan fingerprint density at radius 3 is 1.89 bits per heavy atom. The average molecular weight is 485 g/mol. The van der Waals surface area contributed by atoms with Gasteiger partial charge < -0.3 is 9.47 Å². The Balaban J connectivity index is 1.71. The molecule has 4 aromatic rings. The zero-order valence-electron chi connectivity index (χ0n) is 22.0. The predicted molar refractivity (Wildman–Crippen MR) is 152 cm³/mol. The van der Waals surface area contributed by atoms with Crippen molar-refractivity contribution in [1.29, 1.82) is 0 Å². The standard InChI is InChI=1S/C35H32O2/c1-23-9-19-31-25(21-23)22-33-32(31)20-10-24(2)34(33)35(26-7-5-6-8-26,27-11-15-29(36-3)16-12-27)28-13-17-30(37-4)18-14-28/h5-7,9-21H,8,22H2,1-4H3. The minimum absolute atomic E-state index is 0.450. The van der Waals surface area contributed by atoms with Crippen molar-refractivity contribution in [3.63, 3.8) is 0 Å². The minimum Gasteiger partial charge on any atom is -0.497 e. The van der Waals surface area contributed by atoms with Crippen LogP contribution >= 0.6 is 0 Å². The van der Waals surface area contributed by atoms with E-state index in [4.69, 9.17) is 9.47 Å². The van der Waals surface area contributed by atoms with Crippen LogP contribution in [0.15, 0.2) is 103 Å². The molecule has 0 heterocycles. The molecular weight excluding hydrogens is 452 g/mol. The van der Waals surface area contributed by atoms with Gasteiger partial charge in [0.15, 0.2) is 0 Å². The lowest BCUT2D eigenvalue weighted by atomic mass is 9.61. The van der Waals surface area contributed by atoms with Gasteiger partial charge in [0, 0.05) is 0 Å². The fourth-order valence-electron chi connectivity index (χ4n) is 6.44. The number of hydrogen-bond acceptors (Lipinski definition) is 2. The molecule has 0 radical (unpaired) electrons. The second-order valence-electron chi connectivity index (χ2n) is 10.2. The summed E-state index contributed by atoms with van der Waals surface area (Å²) in [4.78, 5) is 0. The highest BCUT2D eigenvalue weighted by Gasteiger charge is 2.44. The van der Waals surface area contributed by atoms with E-state index in [2.05, 4.69) is 111 Å². The molecule has 2 heteroatoms. The molecule has 2 aliphatic rings. The lowest BCUT2D eigenvalue weighted by Gasteiger charge is -2.40. The van der Waals surface area contributed by atoms with Crippen LogP contribution in [0.5, 0.6) is 11.5 Å². The van der Waals surface area contributed by atoms with Crippen molar-refractivity contribution in [3.8, 4) is 22.6 Å². The molecule has 2 nitrogen and oxygen atoms in total. The summed E-state index contributed by atoms with van der Waals surface area (Å²) < 4.78 is 11.1. The van der Waals surface area contributed by atoms with Crippen LogP contribution in [0.2, 0.25) is 0 Å². The van der Waals surface area contributed by atoms with Gasteiger partial charge in [-0.1, -0.05) is 78.4 Å². The predicted octanol–water partition coefficient (Wildman–Crippen LogP) is 8.11. The van der Waals surface area contributed by atoms with Gasteiger partial charge in [-0.2, -0.15) is 0 Å². The van der Waals surface area contributed by atoms with Crippen LogP contribution in [0.3, 0.4) is 0 Å². The van der Waals surface area contributed by atoms with Crippen molar-refractivity contribution in [2.75, 3.05) is 14.2 Å². The zero-order chi connectivity index (χ0) is 25.6. The lowest BCUT2D eigenvalue weighted by molar-refractivity contribution is 0.414. The summed E-state index contributed by atoms with van der Waals surface area (Å²) in [7, 11) is 3.45. The molecule has 0 N–H and O–H groups in total. The third kappa shape index (κ3) is 3.62. The van der Waals surface area contributed by atoms with Crippen LogP contribution < -0.4 is 9.47 Å². The fraction of sp³-hybridized carbons (Fsp3) is 0.200. The molecule has 2 aliphatic carbocycles. The summed E-state index contributed by atoms with van der Waals surface area (Å²) in [6, 6.07) is 28.9. The van der Waals surface area contributed by atoms with Gasteiger partial charge in [0.1, 0.15) is 11.5 Å². The van der Waals surface area contributed by atoms with Crippen LogP contribution in [-0.2, 0) is 11.8 Å². The third-order valence-electron chi connectivity index (χ3n) is 8.11. The normalized spacial score (nSPS) is 13.8. The summed E-state index contributed by atoms with van der Waals surface area (Å²) >= 11 is 0. The molecule has 0 unspecified atom stereocenters. The number of fused-ring (bicyclic) bond motifs is 3. The van der Waals surface area contributed by atoms with Gasteiger partial charge in [-0.15, -0.1) is 0 Å². The van der Waals surface area contributed by atoms with Crippen LogP contribution in [0.1, 0.15) is 45.4 Å². The van der Waals surface area contributed by atoms with Gasteiger partial charge in [-0.25, -0.2) is 0 Å². The molecule has 0 saturated carbocycles. The number of aryl methyl sites for hydroxylation is 2. The topological polar surface area (TPSA) is 18.5 Å². The fourth-order valence-corrected chi connectivity index (χ4v) is 6.44. The molecule has 0 bridgehead atoms. The number of methoxy groups -OCH3 is 2. The van der Waals surface area contributed by atoms with Crippen molar-refractivity contribution in [2.24, 2.45) is 0 Å². The largest absolute Gasteiger partial charge is 0.497 e. The Morgan fingerprint density at radius 2 is 1.32 bits per heavy atom. The van der Waals surface area contributed by atoms with E-state index in [9.17, 15) is 0 Å². The maximum Gasteiger partial charge on any atom is 0.118 e. The Bertz CT molecular complexity index is 1490. The second kappa shape index (κ2) is 9.12. The molecule has 0 fully saturated rings. The monoisotopic (exact) mass is 484 g/mol. The average Bonchev–Trinajstić information content (AvgIpc) is 3.59. The van der Waals surface area contributed by atoms with Gasteiger partial charge >= 0.3 is 0 Å². The lowest BCUT2D eigenvalue weighted by Crippen LogP contribution is -2.33. The highest BCUT2D eigenvalue weighted by Crippen LogP contribution is 2.53. The highest BCUT2D eigenvalue weighted by atomic mass is 16.5. The van der Waals surface area contributed by atoms with E-state index in [1.165, 1.54) is 55.6 Å².